The summed E-state index contributed by atoms with van der Waals surface area (Å²) in [6.45, 7) is 3.55. The highest BCUT2D eigenvalue weighted by Crippen LogP contribution is 2.20. The molecule has 5 nitrogen and oxygen atoms in total. The molecular weight excluding hydrogens is 345 g/mol. The Labute approximate surface area is 159 Å². The van der Waals surface area contributed by atoms with Crippen molar-refractivity contribution in [3.63, 3.8) is 0 Å². The first kappa shape index (κ1) is 19.2. The summed E-state index contributed by atoms with van der Waals surface area (Å²) in [6, 6.07) is 14.6. The number of likely N-dealkylation sites (N-methyl/N-ethyl adjacent to an activating group) is 1. The molecule has 27 heavy (non-hydrogen) atoms. The van der Waals surface area contributed by atoms with E-state index in [0.717, 1.165) is 11.3 Å². The molecule has 0 saturated carbocycles. The molecule has 2 aromatic carbocycles. The first-order valence-corrected chi connectivity index (χ1v) is 9.15. The van der Waals surface area contributed by atoms with E-state index in [4.69, 9.17) is 4.74 Å². The van der Waals surface area contributed by atoms with Gasteiger partial charge in [-0.15, -0.1) is 0 Å². The second-order valence-electron chi connectivity index (χ2n) is 6.84. The first-order valence-electron chi connectivity index (χ1n) is 9.15. The van der Waals surface area contributed by atoms with Crippen molar-refractivity contribution >= 4 is 11.6 Å². The molecule has 1 saturated heterocycles. The van der Waals surface area contributed by atoms with Crippen molar-refractivity contribution in [3.8, 4) is 5.75 Å². The van der Waals surface area contributed by atoms with E-state index in [1.165, 1.54) is 6.07 Å². The molecule has 0 bridgehead atoms. The van der Waals surface area contributed by atoms with Gasteiger partial charge in [-0.3, -0.25) is 9.69 Å². The second kappa shape index (κ2) is 8.86. The average Bonchev–Trinajstić information content (AvgIpc) is 2.68. The third-order valence-electron chi connectivity index (χ3n) is 4.82. The number of methoxy groups -OCH3 is 1. The number of halogens is 1. The molecule has 0 N–H and O–H groups in total. The van der Waals surface area contributed by atoms with E-state index in [2.05, 4.69) is 0 Å². The highest BCUT2D eigenvalue weighted by atomic mass is 19.1. The smallest absolute Gasteiger partial charge is 0.236 e. The van der Waals surface area contributed by atoms with Crippen LogP contribution in [-0.2, 0) is 11.3 Å². The summed E-state index contributed by atoms with van der Waals surface area (Å²) in [5.74, 6) is 0.709. The first-order chi connectivity index (χ1) is 13.1. The molecule has 1 aliphatic heterocycles. The van der Waals surface area contributed by atoms with Crippen molar-refractivity contribution in [1.82, 2.24) is 9.80 Å². The zero-order valence-corrected chi connectivity index (χ0v) is 15.9. The molecule has 1 amide bonds. The van der Waals surface area contributed by atoms with Gasteiger partial charge in [0, 0.05) is 32.7 Å². The summed E-state index contributed by atoms with van der Waals surface area (Å²) >= 11 is 0. The van der Waals surface area contributed by atoms with Gasteiger partial charge in [0.1, 0.15) is 11.6 Å². The Kier molecular flexibility index (Phi) is 6.29. The third-order valence-corrected chi connectivity index (χ3v) is 4.82. The van der Waals surface area contributed by atoms with Crippen LogP contribution in [-0.4, -0.2) is 62.6 Å². The van der Waals surface area contributed by atoms with E-state index >= 15 is 0 Å². The van der Waals surface area contributed by atoms with E-state index in [-0.39, 0.29) is 11.7 Å². The number of benzene rings is 2. The van der Waals surface area contributed by atoms with Crippen molar-refractivity contribution in [2.75, 3.05) is 51.8 Å². The van der Waals surface area contributed by atoms with E-state index < -0.39 is 0 Å². The number of ether oxygens (including phenoxy) is 1. The van der Waals surface area contributed by atoms with Crippen molar-refractivity contribution in [1.29, 1.82) is 0 Å². The molecule has 0 spiro atoms. The average molecular weight is 371 g/mol. The topological polar surface area (TPSA) is 36.0 Å². The van der Waals surface area contributed by atoms with Gasteiger partial charge in [0.15, 0.2) is 0 Å². The van der Waals surface area contributed by atoms with Crippen LogP contribution >= 0.6 is 0 Å². The number of hydrogen-bond donors (Lipinski definition) is 0. The standard InChI is InChI=1S/C21H26FN3O2/c1-23(15-17-6-5-7-18(14-17)27-2)16-21(26)25-12-10-24(11-13-25)20-9-4-3-8-19(20)22/h3-9,14H,10-13,15-16H2,1-2H3. The lowest BCUT2D eigenvalue weighted by molar-refractivity contribution is -0.132. The lowest BCUT2D eigenvalue weighted by atomic mass is 10.2. The summed E-state index contributed by atoms with van der Waals surface area (Å²) in [5.41, 5.74) is 1.72. The van der Waals surface area contributed by atoms with E-state index in [0.29, 0.717) is 45.0 Å². The zero-order chi connectivity index (χ0) is 19.2. The highest BCUT2D eigenvalue weighted by Gasteiger charge is 2.23. The maximum Gasteiger partial charge on any atom is 0.236 e. The molecule has 6 heteroatoms. The fourth-order valence-corrected chi connectivity index (χ4v) is 3.37. The highest BCUT2D eigenvalue weighted by molar-refractivity contribution is 5.78. The zero-order valence-electron chi connectivity index (χ0n) is 15.9. The summed E-state index contributed by atoms with van der Waals surface area (Å²) in [5, 5.41) is 0. The van der Waals surface area contributed by atoms with Crippen LogP contribution in [0.5, 0.6) is 5.75 Å². The lowest BCUT2D eigenvalue weighted by Gasteiger charge is -2.36. The predicted octanol–water partition coefficient (Wildman–Crippen LogP) is 2.61. The van der Waals surface area contributed by atoms with Gasteiger partial charge in [-0.05, 0) is 36.9 Å². The number of anilines is 1. The summed E-state index contributed by atoms with van der Waals surface area (Å²) in [6.07, 6.45) is 0. The Morgan fingerprint density at radius 1 is 1.11 bits per heavy atom. The molecule has 0 aromatic heterocycles. The number of carbonyl (C=O) groups is 1. The van der Waals surface area contributed by atoms with Crippen molar-refractivity contribution < 1.29 is 13.9 Å². The maximum absolute atomic E-state index is 13.9. The molecular formula is C21H26FN3O2. The second-order valence-corrected chi connectivity index (χ2v) is 6.84. The number of amides is 1. The summed E-state index contributed by atoms with van der Waals surface area (Å²) in [4.78, 5) is 18.5. The van der Waals surface area contributed by atoms with E-state index in [9.17, 15) is 9.18 Å². The lowest BCUT2D eigenvalue weighted by Crippen LogP contribution is -2.51. The fraction of sp³-hybridized carbons (Fsp3) is 0.381. The minimum Gasteiger partial charge on any atom is -0.497 e. The maximum atomic E-state index is 13.9. The Bertz CT molecular complexity index is 776. The van der Waals surface area contributed by atoms with Crippen LogP contribution in [0.3, 0.4) is 0 Å². The van der Waals surface area contributed by atoms with Crippen LogP contribution in [0.4, 0.5) is 10.1 Å². The molecule has 1 heterocycles. The van der Waals surface area contributed by atoms with Crippen molar-refractivity contribution in [3.05, 3.63) is 59.9 Å². The molecule has 3 rings (SSSR count). The van der Waals surface area contributed by atoms with E-state index in [1.54, 1.807) is 19.2 Å². The minimum atomic E-state index is -0.213. The Morgan fingerprint density at radius 2 is 1.85 bits per heavy atom. The van der Waals surface area contributed by atoms with E-state index in [1.807, 2.05) is 52.1 Å². The summed E-state index contributed by atoms with van der Waals surface area (Å²) in [7, 11) is 3.58. The number of para-hydroxylation sites is 1. The molecule has 144 valence electrons. The van der Waals surface area contributed by atoms with Gasteiger partial charge in [0.25, 0.3) is 0 Å². The molecule has 1 aliphatic rings. The van der Waals surface area contributed by atoms with Gasteiger partial charge in [-0.1, -0.05) is 24.3 Å². The molecule has 2 aromatic rings. The Morgan fingerprint density at radius 3 is 2.56 bits per heavy atom. The van der Waals surface area contributed by atoms with Crippen LogP contribution in [0.2, 0.25) is 0 Å². The molecule has 0 unspecified atom stereocenters. The number of piperazine rings is 1. The van der Waals surface area contributed by atoms with Crippen LogP contribution in [0.1, 0.15) is 5.56 Å². The Hall–Kier alpha value is -2.60. The van der Waals surface area contributed by atoms with Gasteiger partial charge in [-0.25, -0.2) is 4.39 Å². The Balaban J connectivity index is 1.49. The number of hydrogen-bond acceptors (Lipinski definition) is 4. The fourth-order valence-electron chi connectivity index (χ4n) is 3.37. The SMILES string of the molecule is COc1cccc(CN(C)CC(=O)N2CCN(c3ccccc3F)CC2)c1. The minimum absolute atomic E-state index is 0.105. The number of rotatable bonds is 6. The van der Waals surface area contributed by atoms with Gasteiger partial charge >= 0.3 is 0 Å². The van der Waals surface area contributed by atoms with Gasteiger partial charge in [0.05, 0.1) is 19.3 Å². The quantitative estimate of drug-likeness (QED) is 0.782. The van der Waals surface area contributed by atoms with Crippen molar-refractivity contribution in [2.45, 2.75) is 6.54 Å². The number of nitrogens with zero attached hydrogens (tertiary/aromatic N) is 3. The van der Waals surface area contributed by atoms with Crippen LogP contribution in [0.25, 0.3) is 0 Å². The third kappa shape index (κ3) is 4.98. The molecule has 0 atom stereocenters. The van der Waals surface area contributed by atoms with Gasteiger partial charge in [0.2, 0.25) is 5.91 Å². The normalized spacial score (nSPS) is 14.5. The summed E-state index contributed by atoms with van der Waals surface area (Å²) < 4.78 is 19.2. The van der Waals surface area contributed by atoms with Crippen LogP contribution in [0, 0.1) is 5.82 Å². The van der Waals surface area contributed by atoms with Gasteiger partial charge in [-0.2, -0.15) is 0 Å². The monoisotopic (exact) mass is 371 g/mol. The predicted molar refractivity (Wildman–Crippen MR) is 105 cm³/mol. The van der Waals surface area contributed by atoms with Crippen molar-refractivity contribution in [2.24, 2.45) is 0 Å². The van der Waals surface area contributed by atoms with Crippen LogP contribution in [0.15, 0.2) is 48.5 Å². The molecule has 1 fully saturated rings. The molecule has 0 aliphatic carbocycles. The number of carbonyl (C=O) groups excluding carboxylic acids is 1. The van der Waals surface area contributed by atoms with Gasteiger partial charge < -0.3 is 14.5 Å². The van der Waals surface area contributed by atoms with Crippen LogP contribution < -0.4 is 9.64 Å². The molecule has 0 radical (unpaired) electrons. The largest absolute Gasteiger partial charge is 0.497 e.